The molecule has 1 aliphatic heterocycles. The molecule has 1 rings (SSSR count). The predicted molar refractivity (Wildman–Crippen MR) is 39.2 cm³/mol. The molecule has 61 valence electrons. The van der Waals surface area contributed by atoms with Gasteiger partial charge >= 0.3 is 0 Å². The molecule has 1 radical (unpaired) electrons. The zero-order valence-electron chi connectivity index (χ0n) is 5.23. The average molecular weight is 194 g/mol. The fourth-order valence-corrected chi connectivity index (χ4v) is 2.33. The Morgan fingerprint density at radius 2 is 2.00 bits per heavy atom. The van der Waals surface area contributed by atoms with Gasteiger partial charge in [-0.1, -0.05) is 0 Å². The van der Waals surface area contributed by atoms with Crippen LogP contribution < -0.4 is 5.32 Å². The molecular weight excluding hydrogens is 190 g/mol. The summed E-state index contributed by atoms with van der Waals surface area (Å²) in [7, 11) is -3.70. The minimum absolute atomic E-state index is 0.431. The van der Waals surface area contributed by atoms with Gasteiger partial charge in [-0.2, -0.15) is 0 Å². The van der Waals surface area contributed by atoms with Crippen molar-refractivity contribution < 1.29 is 18.0 Å². The Morgan fingerprint density at radius 3 is 2.18 bits per heavy atom. The molecule has 11 heavy (non-hydrogen) atoms. The van der Waals surface area contributed by atoms with Crippen LogP contribution in [0.15, 0.2) is 0 Å². The van der Waals surface area contributed by atoms with E-state index in [0.717, 1.165) is 0 Å². The maximum Gasteiger partial charge on any atom is 0.287 e. The van der Waals surface area contributed by atoms with E-state index in [1.807, 2.05) is 5.32 Å². The summed E-state index contributed by atoms with van der Waals surface area (Å²) in [5, 5.41) is 1.19. The Kier molecular flexibility index (Phi) is 1.93. The highest BCUT2D eigenvalue weighted by Gasteiger charge is 2.39. The molecule has 5 nitrogen and oxygen atoms in total. The molecule has 0 spiro atoms. The summed E-state index contributed by atoms with van der Waals surface area (Å²) in [5.74, 6) is -0.810. The molecule has 2 amide bonds. The molecule has 1 atom stereocenters. The molecular formula is C4H4NO4S2. The molecule has 1 fully saturated rings. The number of imide groups is 1. The van der Waals surface area contributed by atoms with Crippen LogP contribution in [0.2, 0.25) is 0 Å². The molecule has 1 aliphatic rings. The van der Waals surface area contributed by atoms with Crippen LogP contribution in [0.3, 0.4) is 0 Å². The van der Waals surface area contributed by atoms with Gasteiger partial charge < -0.3 is 0 Å². The third kappa shape index (κ3) is 1.72. The Bertz CT molecular complexity index is 306. The quantitative estimate of drug-likeness (QED) is 0.608. The minimum atomic E-state index is -3.70. The third-order valence-corrected chi connectivity index (χ3v) is 3.76. The van der Waals surface area contributed by atoms with E-state index in [-0.39, 0.29) is 0 Å². The first-order valence-corrected chi connectivity index (χ1v) is 5.09. The SMILES string of the molecule is [CH2]S(=O)(=O)C1SC(=O)NC1=O. The van der Waals surface area contributed by atoms with Crippen molar-refractivity contribution in [3.63, 3.8) is 0 Å². The van der Waals surface area contributed by atoms with Crippen molar-refractivity contribution >= 4 is 32.7 Å². The van der Waals surface area contributed by atoms with E-state index in [2.05, 4.69) is 6.26 Å². The Hall–Kier alpha value is -0.560. The number of nitrogens with one attached hydrogen (secondary N) is 1. The lowest BCUT2D eigenvalue weighted by molar-refractivity contribution is -0.117. The van der Waals surface area contributed by atoms with Gasteiger partial charge in [0.25, 0.3) is 11.1 Å². The Morgan fingerprint density at radius 1 is 1.45 bits per heavy atom. The molecule has 0 aromatic heterocycles. The van der Waals surface area contributed by atoms with E-state index in [1.165, 1.54) is 0 Å². The standard InChI is InChI=1S/C4H4NO4S2/c1-11(8,9)3-2(6)5-4(7)10-3/h3H,1H2,(H,5,6,7). The lowest BCUT2D eigenvalue weighted by atomic mass is 10.7. The number of hydrogen-bond acceptors (Lipinski definition) is 5. The molecule has 7 heteroatoms. The second-order valence-corrected chi connectivity index (χ2v) is 5.06. The minimum Gasteiger partial charge on any atom is -0.285 e. The van der Waals surface area contributed by atoms with Crippen molar-refractivity contribution in [2.45, 2.75) is 4.58 Å². The predicted octanol–water partition coefficient (Wildman–Crippen LogP) is -0.498. The van der Waals surface area contributed by atoms with Gasteiger partial charge in [-0.15, -0.1) is 0 Å². The van der Waals surface area contributed by atoms with Gasteiger partial charge in [0.1, 0.15) is 0 Å². The van der Waals surface area contributed by atoms with Crippen LogP contribution in [-0.4, -0.2) is 24.1 Å². The lowest BCUT2D eigenvalue weighted by Crippen LogP contribution is -2.28. The summed E-state index contributed by atoms with van der Waals surface area (Å²) < 4.78 is 19.9. The topological polar surface area (TPSA) is 80.3 Å². The number of thioether (sulfide) groups is 1. The van der Waals surface area contributed by atoms with Crippen molar-refractivity contribution in [1.29, 1.82) is 0 Å². The van der Waals surface area contributed by atoms with E-state index in [9.17, 15) is 18.0 Å². The second kappa shape index (κ2) is 2.49. The van der Waals surface area contributed by atoms with E-state index in [0.29, 0.717) is 11.8 Å². The normalized spacial score (nSPS) is 25.4. The number of rotatable bonds is 1. The monoisotopic (exact) mass is 194 g/mol. The van der Waals surface area contributed by atoms with Crippen LogP contribution in [0.4, 0.5) is 4.79 Å². The maximum atomic E-state index is 10.7. The first-order chi connectivity index (χ1) is 4.91. The van der Waals surface area contributed by atoms with Crippen molar-refractivity contribution in [2.24, 2.45) is 0 Å². The molecule has 1 heterocycles. The Balaban J connectivity index is 2.94. The fourth-order valence-electron chi connectivity index (χ4n) is 0.576. The van der Waals surface area contributed by atoms with Crippen LogP contribution in [0.25, 0.3) is 0 Å². The van der Waals surface area contributed by atoms with Gasteiger partial charge in [0.2, 0.25) is 0 Å². The van der Waals surface area contributed by atoms with Crippen molar-refractivity contribution in [1.82, 2.24) is 5.32 Å². The molecule has 0 bridgehead atoms. The number of amides is 2. The van der Waals surface area contributed by atoms with Crippen molar-refractivity contribution in [3.8, 4) is 0 Å². The zero-order chi connectivity index (χ0) is 8.65. The van der Waals surface area contributed by atoms with Crippen LogP contribution >= 0.6 is 11.8 Å². The Labute approximate surface area is 67.4 Å². The summed E-state index contributed by atoms with van der Waals surface area (Å²) in [6, 6.07) is 0. The molecule has 1 unspecified atom stereocenters. The summed E-state index contributed by atoms with van der Waals surface area (Å²) in [5.41, 5.74) is 0. The van der Waals surface area contributed by atoms with E-state index < -0.39 is 25.6 Å². The van der Waals surface area contributed by atoms with Crippen LogP contribution in [0, 0.1) is 6.26 Å². The van der Waals surface area contributed by atoms with Gasteiger partial charge in [-0.05, 0) is 11.8 Å². The van der Waals surface area contributed by atoms with Crippen LogP contribution in [0.5, 0.6) is 0 Å². The van der Waals surface area contributed by atoms with Crippen molar-refractivity contribution in [3.05, 3.63) is 6.26 Å². The smallest absolute Gasteiger partial charge is 0.285 e. The first kappa shape index (κ1) is 8.54. The van der Waals surface area contributed by atoms with Gasteiger partial charge in [0, 0.05) is 0 Å². The molecule has 0 saturated carbocycles. The first-order valence-electron chi connectivity index (χ1n) is 2.49. The summed E-state index contributed by atoms with van der Waals surface area (Å²) in [6.07, 6.45) is 2.78. The number of hydrogen-bond donors (Lipinski definition) is 1. The van der Waals surface area contributed by atoms with Gasteiger partial charge in [0.15, 0.2) is 14.4 Å². The number of carbonyl (C=O) groups is 2. The van der Waals surface area contributed by atoms with Crippen LogP contribution in [0.1, 0.15) is 0 Å². The highest BCUT2D eigenvalue weighted by molar-refractivity contribution is 8.24. The molecule has 0 aromatic rings. The summed E-state index contributed by atoms with van der Waals surface area (Å²) in [4.78, 5) is 21.1. The molecule has 1 saturated heterocycles. The second-order valence-electron chi connectivity index (χ2n) is 1.89. The summed E-state index contributed by atoms with van der Waals surface area (Å²) in [6.45, 7) is 0. The van der Waals surface area contributed by atoms with Crippen molar-refractivity contribution in [2.75, 3.05) is 0 Å². The number of carbonyl (C=O) groups excluding carboxylic acids is 2. The highest BCUT2D eigenvalue weighted by atomic mass is 32.3. The molecule has 0 aromatic carbocycles. The fraction of sp³-hybridized carbons (Fsp3) is 0.250. The average Bonchev–Trinajstić information content (AvgIpc) is 2.08. The molecule has 0 aliphatic carbocycles. The summed E-state index contributed by atoms with van der Waals surface area (Å²) >= 11 is 0.431. The number of sulfone groups is 1. The van der Waals surface area contributed by atoms with Gasteiger partial charge in [-0.25, -0.2) is 8.42 Å². The lowest BCUT2D eigenvalue weighted by Gasteiger charge is -1.98. The third-order valence-electron chi connectivity index (χ3n) is 0.980. The molecule has 1 N–H and O–H groups in total. The van der Waals surface area contributed by atoms with E-state index >= 15 is 0 Å². The van der Waals surface area contributed by atoms with E-state index in [4.69, 9.17) is 0 Å². The highest BCUT2D eigenvalue weighted by Crippen LogP contribution is 2.23. The largest absolute Gasteiger partial charge is 0.287 e. The van der Waals surface area contributed by atoms with E-state index in [1.54, 1.807) is 0 Å². The maximum absolute atomic E-state index is 10.7. The van der Waals surface area contributed by atoms with Gasteiger partial charge in [0.05, 0.1) is 6.26 Å². The zero-order valence-corrected chi connectivity index (χ0v) is 6.87. The van der Waals surface area contributed by atoms with Crippen LogP contribution in [-0.2, 0) is 14.6 Å². The van der Waals surface area contributed by atoms with Gasteiger partial charge in [-0.3, -0.25) is 14.9 Å².